The first-order valence-electron chi connectivity index (χ1n) is 6.16. The lowest BCUT2D eigenvalue weighted by Gasteiger charge is -2.25. The summed E-state index contributed by atoms with van der Waals surface area (Å²) < 4.78 is 5.31. The Labute approximate surface area is 103 Å². The Morgan fingerprint density at radius 1 is 1.59 bits per heavy atom. The van der Waals surface area contributed by atoms with Gasteiger partial charge in [-0.15, -0.1) is 0 Å². The SMILES string of the molecule is CC(C)(C)OC(=O)N1CCC(C(CN)CO)C1. The van der Waals surface area contributed by atoms with Crippen LogP contribution in [0.25, 0.3) is 0 Å². The van der Waals surface area contributed by atoms with Gasteiger partial charge in [0.2, 0.25) is 0 Å². The molecule has 2 unspecified atom stereocenters. The van der Waals surface area contributed by atoms with E-state index in [1.165, 1.54) is 0 Å². The standard InChI is InChI=1S/C12H24N2O3/c1-12(2,3)17-11(16)14-5-4-9(7-14)10(6-13)8-15/h9-10,15H,4-8,13H2,1-3H3. The summed E-state index contributed by atoms with van der Waals surface area (Å²) in [5, 5.41) is 9.18. The van der Waals surface area contributed by atoms with Crippen LogP contribution in [0.3, 0.4) is 0 Å². The lowest BCUT2D eigenvalue weighted by Crippen LogP contribution is -2.36. The third-order valence-corrected chi connectivity index (χ3v) is 3.08. The maximum Gasteiger partial charge on any atom is 0.410 e. The molecule has 5 heteroatoms. The second-order valence-electron chi connectivity index (χ2n) is 5.65. The second-order valence-corrected chi connectivity index (χ2v) is 5.65. The Balaban J connectivity index is 2.47. The lowest BCUT2D eigenvalue weighted by molar-refractivity contribution is 0.0279. The number of aliphatic hydroxyl groups excluding tert-OH is 1. The van der Waals surface area contributed by atoms with Crippen molar-refractivity contribution in [2.45, 2.75) is 32.8 Å². The van der Waals surface area contributed by atoms with E-state index in [1.54, 1.807) is 4.90 Å². The number of rotatable bonds is 3. The summed E-state index contributed by atoms with van der Waals surface area (Å²) in [4.78, 5) is 13.5. The van der Waals surface area contributed by atoms with Crippen molar-refractivity contribution < 1.29 is 14.6 Å². The summed E-state index contributed by atoms with van der Waals surface area (Å²) in [5.41, 5.74) is 5.13. The Kier molecular flexibility index (Phi) is 4.77. The predicted octanol–water partition coefficient (Wildman–Crippen LogP) is 0.811. The fourth-order valence-corrected chi connectivity index (χ4v) is 2.08. The molecule has 1 heterocycles. The summed E-state index contributed by atoms with van der Waals surface area (Å²) in [5.74, 6) is 0.375. The zero-order chi connectivity index (χ0) is 13.1. The molecule has 3 N–H and O–H groups in total. The van der Waals surface area contributed by atoms with E-state index in [-0.39, 0.29) is 24.5 Å². The van der Waals surface area contributed by atoms with E-state index in [4.69, 9.17) is 10.5 Å². The summed E-state index contributed by atoms with van der Waals surface area (Å²) >= 11 is 0. The Morgan fingerprint density at radius 2 is 2.24 bits per heavy atom. The molecule has 1 aliphatic rings. The van der Waals surface area contributed by atoms with Crippen LogP contribution < -0.4 is 5.73 Å². The highest BCUT2D eigenvalue weighted by Crippen LogP contribution is 2.25. The number of hydrogen-bond acceptors (Lipinski definition) is 4. The molecule has 0 aliphatic carbocycles. The minimum atomic E-state index is -0.459. The highest BCUT2D eigenvalue weighted by molar-refractivity contribution is 5.68. The summed E-state index contributed by atoms with van der Waals surface area (Å²) in [6, 6.07) is 0. The van der Waals surface area contributed by atoms with Crippen LogP contribution >= 0.6 is 0 Å². The van der Waals surface area contributed by atoms with E-state index in [0.717, 1.165) is 6.42 Å². The summed E-state index contributed by atoms with van der Waals surface area (Å²) in [6.07, 6.45) is 0.621. The fraction of sp³-hybridized carbons (Fsp3) is 0.917. The van der Waals surface area contributed by atoms with Crippen LogP contribution in [-0.2, 0) is 4.74 Å². The zero-order valence-corrected chi connectivity index (χ0v) is 11.0. The van der Waals surface area contributed by atoms with E-state index >= 15 is 0 Å². The van der Waals surface area contributed by atoms with Crippen molar-refractivity contribution in [1.82, 2.24) is 4.90 Å². The molecule has 5 nitrogen and oxygen atoms in total. The minimum absolute atomic E-state index is 0.0856. The molecule has 1 amide bonds. The normalized spacial score (nSPS) is 22.6. The molecule has 100 valence electrons. The molecule has 0 aromatic rings. The van der Waals surface area contributed by atoms with Crippen molar-refractivity contribution >= 4 is 6.09 Å². The van der Waals surface area contributed by atoms with Gasteiger partial charge in [-0.2, -0.15) is 0 Å². The van der Waals surface area contributed by atoms with E-state index in [0.29, 0.717) is 19.6 Å². The van der Waals surface area contributed by atoms with E-state index < -0.39 is 5.60 Å². The molecule has 0 saturated carbocycles. The van der Waals surface area contributed by atoms with Crippen LogP contribution in [0.15, 0.2) is 0 Å². The highest BCUT2D eigenvalue weighted by atomic mass is 16.6. The predicted molar refractivity (Wildman–Crippen MR) is 65.5 cm³/mol. The van der Waals surface area contributed by atoms with Gasteiger partial charge in [-0.3, -0.25) is 0 Å². The number of aliphatic hydroxyl groups is 1. The molecule has 0 aromatic carbocycles. The molecule has 1 saturated heterocycles. The zero-order valence-electron chi connectivity index (χ0n) is 11.0. The fourth-order valence-electron chi connectivity index (χ4n) is 2.08. The monoisotopic (exact) mass is 244 g/mol. The third kappa shape index (κ3) is 4.16. The second kappa shape index (κ2) is 5.69. The van der Waals surface area contributed by atoms with Crippen LogP contribution in [0.2, 0.25) is 0 Å². The summed E-state index contributed by atoms with van der Waals surface area (Å²) in [7, 11) is 0. The molecular weight excluding hydrogens is 220 g/mol. The van der Waals surface area contributed by atoms with Crippen molar-refractivity contribution in [1.29, 1.82) is 0 Å². The number of ether oxygens (including phenoxy) is 1. The van der Waals surface area contributed by atoms with Gasteiger partial charge in [-0.25, -0.2) is 4.79 Å². The van der Waals surface area contributed by atoms with Gasteiger partial charge in [-0.1, -0.05) is 0 Å². The van der Waals surface area contributed by atoms with Crippen molar-refractivity contribution in [3.8, 4) is 0 Å². The van der Waals surface area contributed by atoms with E-state index in [2.05, 4.69) is 0 Å². The van der Waals surface area contributed by atoms with Gasteiger partial charge >= 0.3 is 6.09 Å². The molecule has 17 heavy (non-hydrogen) atoms. The van der Waals surface area contributed by atoms with Crippen LogP contribution in [0.4, 0.5) is 4.79 Å². The van der Waals surface area contributed by atoms with Crippen LogP contribution in [0.1, 0.15) is 27.2 Å². The quantitative estimate of drug-likeness (QED) is 0.770. The first-order chi connectivity index (χ1) is 7.87. The topological polar surface area (TPSA) is 75.8 Å². The Morgan fingerprint density at radius 3 is 2.71 bits per heavy atom. The number of nitrogens with zero attached hydrogens (tertiary/aromatic N) is 1. The first kappa shape index (κ1) is 14.3. The Bertz CT molecular complexity index is 259. The molecule has 1 aliphatic heterocycles. The van der Waals surface area contributed by atoms with Crippen LogP contribution in [0, 0.1) is 11.8 Å². The molecule has 0 aromatic heterocycles. The van der Waals surface area contributed by atoms with Crippen LogP contribution in [0.5, 0.6) is 0 Å². The molecule has 0 bridgehead atoms. The maximum absolute atomic E-state index is 11.8. The van der Waals surface area contributed by atoms with Gasteiger partial charge in [0.15, 0.2) is 0 Å². The highest BCUT2D eigenvalue weighted by Gasteiger charge is 2.33. The number of hydrogen-bond donors (Lipinski definition) is 2. The largest absolute Gasteiger partial charge is 0.444 e. The van der Waals surface area contributed by atoms with Gasteiger partial charge in [0, 0.05) is 19.7 Å². The molecular formula is C12H24N2O3. The van der Waals surface area contributed by atoms with Gasteiger partial charge < -0.3 is 20.5 Å². The smallest absolute Gasteiger partial charge is 0.410 e. The molecule has 1 rings (SSSR count). The van der Waals surface area contributed by atoms with E-state index in [9.17, 15) is 9.90 Å². The van der Waals surface area contributed by atoms with Gasteiger partial charge in [0.1, 0.15) is 5.60 Å². The molecule has 0 spiro atoms. The van der Waals surface area contributed by atoms with Crippen LogP contribution in [-0.4, -0.2) is 47.9 Å². The van der Waals surface area contributed by atoms with Crippen molar-refractivity contribution in [2.75, 3.05) is 26.2 Å². The molecule has 1 fully saturated rings. The van der Waals surface area contributed by atoms with Gasteiger partial charge in [0.25, 0.3) is 0 Å². The average molecular weight is 244 g/mol. The number of likely N-dealkylation sites (tertiary alicyclic amines) is 1. The Hall–Kier alpha value is -0.810. The summed E-state index contributed by atoms with van der Waals surface area (Å²) in [6.45, 7) is 7.44. The van der Waals surface area contributed by atoms with Crippen molar-refractivity contribution in [2.24, 2.45) is 17.6 Å². The van der Waals surface area contributed by atoms with Crippen molar-refractivity contribution in [3.05, 3.63) is 0 Å². The maximum atomic E-state index is 11.8. The molecule has 2 atom stereocenters. The van der Waals surface area contributed by atoms with Crippen molar-refractivity contribution in [3.63, 3.8) is 0 Å². The minimum Gasteiger partial charge on any atom is -0.444 e. The number of amides is 1. The number of nitrogens with two attached hydrogens (primary N) is 1. The average Bonchev–Trinajstić information content (AvgIpc) is 2.66. The third-order valence-electron chi connectivity index (χ3n) is 3.08. The molecule has 0 radical (unpaired) electrons. The van der Waals surface area contributed by atoms with Gasteiger partial charge in [0.05, 0.1) is 0 Å². The van der Waals surface area contributed by atoms with Gasteiger partial charge in [-0.05, 0) is 45.6 Å². The number of carbonyl (C=O) groups excluding carboxylic acids is 1. The lowest BCUT2D eigenvalue weighted by atomic mass is 9.92. The van der Waals surface area contributed by atoms with E-state index in [1.807, 2.05) is 20.8 Å². The number of carbonyl (C=O) groups is 1. The first-order valence-corrected chi connectivity index (χ1v) is 6.16.